The van der Waals surface area contributed by atoms with E-state index in [1.807, 2.05) is 12.1 Å². The van der Waals surface area contributed by atoms with Gasteiger partial charge in [0.25, 0.3) is 0 Å². The Balaban J connectivity index is 1.44. The Labute approximate surface area is 182 Å². The van der Waals surface area contributed by atoms with Gasteiger partial charge in [-0.1, -0.05) is 115 Å². The summed E-state index contributed by atoms with van der Waals surface area (Å²) in [4.78, 5) is 0. The molecular weight excluding hydrogens is 350 g/mol. The monoisotopic (exact) mass is 397 g/mol. The Kier molecular flexibility index (Phi) is 13.2. The van der Waals surface area contributed by atoms with Crippen LogP contribution in [-0.2, 0) is 0 Å². The molecule has 1 nitrogen and oxygen atoms in total. The summed E-state index contributed by atoms with van der Waals surface area (Å²) in [5.41, 5.74) is 0. The van der Waals surface area contributed by atoms with Gasteiger partial charge in [-0.3, -0.25) is 0 Å². The van der Waals surface area contributed by atoms with Crippen molar-refractivity contribution in [1.29, 1.82) is 5.26 Å². The molecule has 0 aromatic rings. The van der Waals surface area contributed by atoms with Gasteiger partial charge in [0.1, 0.15) is 0 Å². The second kappa shape index (κ2) is 15.8. The molecule has 2 saturated carbocycles. The van der Waals surface area contributed by atoms with Crippen LogP contribution < -0.4 is 0 Å². The van der Waals surface area contributed by atoms with Crippen molar-refractivity contribution < 1.29 is 0 Å². The van der Waals surface area contributed by atoms with Gasteiger partial charge in [-0.2, -0.15) is 5.26 Å². The van der Waals surface area contributed by atoms with Crippen LogP contribution in [0.15, 0.2) is 24.3 Å². The molecule has 2 aliphatic rings. The molecule has 0 amide bonds. The predicted octanol–water partition coefficient (Wildman–Crippen LogP) is 9.16. The van der Waals surface area contributed by atoms with Crippen LogP contribution in [0.3, 0.4) is 0 Å². The average Bonchev–Trinajstić information content (AvgIpc) is 2.76. The van der Waals surface area contributed by atoms with Gasteiger partial charge in [0.05, 0.1) is 6.07 Å². The molecule has 0 bridgehead atoms. The summed E-state index contributed by atoms with van der Waals surface area (Å²) in [5.74, 6) is 3.84. The van der Waals surface area contributed by atoms with E-state index in [4.69, 9.17) is 5.26 Å². The number of nitrogens with zero attached hydrogens (tertiary/aromatic N) is 1. The van der Waals surface area contributed by atoms with Gasteiger partial charge in [0, 0.05) is 6.08 Å². The molecule has 0 heterocycles. The molecule has 2 fully saturated rings. The zero-order valence-electron chi connectivity index (χ0n) is 19.3. The van der Waals surface area contributed by atoms with E-state index in [1.54, 1.807) is 6.08 Å². The summed E-state index contributed by atoms with van der Waals surface area (Å²) >= 11 is 0. The van der Waals surface area contributed by atoms with Gasteiger partial charge in [-0.15, -0.1) is 0 Å². The highest BCUT2D eigenvalue weighted by Crippen LogP contribution is 2.36. The summed E-state index contributed by atoms with van der Waals surface area (Å²) < 4.78 is 0. The molecular formula is C28H47N. The Morgan fingerprint density at radius 1 is 0.655 bits per heavy atom. The third-order valence-electron chi connectivity index (χ3n) is 7.71. The lowest BCUT2D eigenvalue weighted by molar-refractivity contribution is 0.239. The van der Waals surface area contributed by atoms with Crippen LogP contribution in [-0.4, -0.2) is 0 Å². The Morgan fingerprint density at radius 3 is 1.66 bits per heavy atom. The van der Waals surface area contributed by atoms with Crippen LogP contribution in [0.25, 0.3) is 0 Å². The van der Waals surface area contributed by atoms with Crippen molar-refractivity contribution in [2.45, 2.75) is 122 Å². The summed E-state index contributed by atoms with van der Waals surface area (Å²) in [6.07, 6.45) is 34.1. The lowest BCUT2D eigenvalue weighted by Gasteiger charge is -2.29. The van der Waals surface area contributed by atoms with Crippen LogP contribution in [0.2, 0.25) is 0 Å². The van der Waals surface area contributed by atoms with E-state index in [9.17, 15) is 0 Å². The minimum absolute atomic E-state index is 0.747. The second-order valence-electron chi connectivity index (χ2n) is 10.0. The maximum atomic E-state index is 8.52. The Bertz CT molecular complexity index is 481. The predicted molar refractivity (Wildman–Crippen MR) is 127 cm³/mol. The molecule has 2 rings (SSSR count). The summed E-state index contributed by atoms with van der Waals surface area (Å²) in [6.45, 7) is 2.31. The quantitative estimate of drug-likeness (QED) is 0.173. The highest BCUT2D eigenvalue weighted by molar-refractivity contribution is 5.12. The standard InChI is InChI=1S/C28H47N/c1-2-3-4-5-7-12-25-16-20-27(21-17-25)14-9-10-15-28-22-18-26(19-23-28)13-8-6-11-24-29/h6,8,11,13,25-28H,2-5,7,9-10,12,14-23H2,1H3/b11-6+,13-8+/t25-,26-,27-,28-. The smallest absolute Gasteiger partial charge is 0.0912 e. The largest absolute Gasteiger partial charge is 0.193 e. The average molecular weight is 398 g/mol. The molecule has 0 atom stereocenters. The van der Waals surface area contributed by atoms with Crippen molar-refractivity contribution in [3.63, 3.8) is 0 Å². The van der Waals surface area contributed by atoms with Gasteiger partial charge in [0.15, 0.2) is 0 Å². The van der Waals surface area contributed by atoms with Gasteiger partial charge in [-0.05, 0) is 49.4 Å². The first-order chi connectivity index (χ1) is 14.3. The van der Waals surface area contributed by atoms with Gasteiger partial charge in [-0.25, -0.2) is 0 Å². The highest BCUT2D eigenvalue weighted by Gasteiger charge is 2.21. The molecule has 2 aliphatic carbocycles. The normalized spacial score (nSPS) is 28.1. The Hall–Kier alpha value is -1.03. The fourth-order valence-electron chi connectivity index (χ4n) is 5.70. The number of unbranched alkanes of at least 4 members (excludes halogenated alkanes) is 5. The summed E-state index contributed by atoms with van der Waals surface area (Å²) in [5, 5.41) is 8.52. The third kappa shape index (κ3) is 11.1. The third-order valence-corrected chi connectivity index (χ3v) is 7.71. The fourth-order valence-corrected chi connectivity index (χ4v) is 5.70. The first-order valence-corrected chi connectivity index (χ1v) is 13.0. The number of nitriles is 1. The first kappa shape index (κ1) is 24.2. The molecule has 0 aromatic heterocycles. The molecule has 164 valence electrons. The van der Waals surface area contributed by atoms with Crippen molar-refractivity contribution in [3.8, 4) is 6.07 Å². The van der Waals surface area contributed by atoms with E-state index in [1.165, 1.54) is 116 Å². The van der Waals surface area contributed by atoms with Crippen LogP contribution in [0.4, 0.5) is 0 Å². The maximum Gasteiger partial charge on any atom is 0.0912 e. The van der Waals surface area contributed by atoms with Crippen LogP contribution in [0.5, 0.6) is 0 Å². The van der Waals surface area contributed by atoms with Crippen molar-refractivity contribution in [3.05, 3.63) is 24.3 Å². The van der Waals surface area contributed by atoms with Crippen molar-refractivity contribution >= 4 is 0 Å². The number of hydrogen-bond acceptors (Lipinski definition) is 1. The van der Waals surface area contributed by atoms with Crippen molar-refractivity contribution in [2.24, 2.45) is 23.7 Å². The lowest BCUT2D eigenvalue weighted by Crippen LogP contribution is -2.15. The minimum Gasteiger partial charge on any atom is -0.193 e. The van der Waals surface area contributed by atoms with Gasteiger partial charge in [0.2, 0.25) is 0 Å². The number of hydrogen-bond donors (Lipinski definition) is 0. The second-order valence-corrected chi connectivity index (χ2v) is 10.0. The molecule has 0 aromatic carbocycles. The lowest BCUT2D eigenvalue weighted by atomic mass is 9.77. The molecule has 0 aliphatic heterocycles. The van der Waals surface area contributed by atoms with Crippen LogP contribution in [0, 0.1) is 35.0 Å². The zero-order chi connectivity index (χ0) is 20.6. The molecule has 0 radical (unpaired) electrons. The summed E-state index contributed by atoms with van der Waals surface area (Å²) in [6, 6.07) is 2.05. The molecule has 0 unspecified atom stereocenters. The van der Waals surface area contributed by atoms with E-state index in [-0.39, 0.29) is 0 Å². The van der Waals surface area contributed by atoms with Crippen LogP contribution in [0.1, 0.15) is 122 Å². The van der Waals surface area contributed by atoms with Crippen molar-refractivity contribution in [2.75, 3.05) is 0 Å². The fraction of sp³-hybridized carbons (Fsp3) is 0.821. The van der Waals surface area contributed by atoms with E-state index in [0.717, 1.165) is 23.7 Å². The van der Waals surface area contributed by atoms with Crippen molar-refractivity contribution in [1.82, 2.24) is 0 Å². The topological polar surface area (TPSA) is 23.8 Å². The number of allylic oxidation sites excluding steroid dienone is 4. The Morgan fingerprint density at radius 2 is 1.14 bits per heavy atom. The van der Waals surface area contributed by atoms with Crippen LogP contribution >= 0.6 is 0 Å². The van der Waals surface area contributed by atoms with E-state index in [2.05, 4.69) is 19.1 Å². The first-order valence-electron chi connectivity index (χ1n) is 13.0. The van der Waals surface area contributed by atoms with Gasteiger partial charge >= 0.3 is 0 Å². The molecule has 0 N–H and O–H groups in total. The molecule has 0 spiro atoms. The SMILES string of the molecule is CCCCCCC[C@H]1CC[C@H](CCCC[C@H]2CC[C@H](/C=C/C=C/C#N)CC2)CC1. The summed E-state index contributed by atoms with van der Waals surface area (Å²) in [7, 11) is 0. The highest BCUT2D eigenvalue weighted by atomic mass is 14.3. The van der Waals surface area contributed by atoms with E-state index >= 15 is 0 Å². The van der Waals surface area contributed by atoms with Gasteiger partial charge < -0.3 is 0 Å². The molecule has 29 heavy (non-hydrogen) atoms. The zero-order valence-corrected chi connectivity index (χ0v) is 19.3. The molecule has 0 saturated heterocycles. The van der Waals surface area contributed by atoms with E-state index < -0.39 is 0 Å². The molecule has 1 heteroatoms. The minimum atomic E-state index is 0.747. The number of rotatable bonds is 13. The van der Waals surface area contributed by atoms with E-state index in [0.29, 0.717) is 0 Å². The maximum absolute atomic E-state index is 8.52.